The number of imidazole rings is 1. The lowest BCUT2D eigenvalue weighted by molar-refractivity contribution is -0.118. The number of ether oxygens (including phenoxy) is 1. The van der Waals surface area contributed by atoms with E-state index < -0.39 is 52.9 Å². The van der Waals surface area contributed by atoms with Crippen molar-refractivity contribution in [2.45, 2.75) is 62.8 Å². The molecule has 1 aliphatic heterocycles. The molecular formula is C18H26N6O8S. The zero-order valence-electron chi connectivity index (χ0n) is 17.5. The first-order valence-electron chi connectivity index (χ1n) is 10.5. The fourth-order valence-corrected chi connectivity index (χ4v) is 4.53. The van der Waals surface area contributed by atoms with Gasteiger partial charge in [0.25, 0.3) is 10.1 Å². The summed E-state index contributed by atoms with van der Waals surface area (Å²) >= 11 is 0. The largest absolute Gasteiger partial charge is 0.394 e. The summed E-state index contributed by atoms with van der Waals surface area (Å²) in [6.07, 6.45) is 0.692. The van der Waals surface area contributed by atoms with Crippen LogP contribution in [0, 0.1) is 0 Å². The standard InChI is InChI=1S/C18H26N6O8S/c25-6-10-14(27)15(28)18(32-10)24-8-20-13-16(21-9-3-1-2-4-9)22-11(23-17(13)24)5-19-12(26)7-33(29,30)31/h8-10,14-15,18,25,27-28H,1-7H2,(H,19,26)(H,21,22,23)(H,29,30,31)/t10-,14-,15-,18?/m1/s1. The molecule has 2 aromatic rings. The van der Waals surface area contributed by atoms with E-state index in [1.165, 1.54) is 10.9 Å². The molecular weight excluding hydrogens is 460 g/mol. The molecule has 14 nitrogen and oxygen atoms in total. The Morgan fingerprint density at radius 1 is 1.21 bits per heavy atom. The van der Waals surface area contributed by atoms with Gasteiger partial charge in [0, 0.05) is 6.04 Å². The molecule has 4 rings (SSSR count). The first-order valence-corrected chi connectivity index (χ1v) is 12.1. The van der Waals surface area contributed by atoms with Crippen LogP contribution < -0.4 is 10.6 Å². The Hall–Kier alpha value is -2.43. The van der Waals surface area contributed by atoms with Gasteiger partial charge in [0.2, 0.25) is 5.91 Å². The van der Waals surface area contributed by atoms with Crippen LogP contribution in [-0.4, -0.2) is 90.4 Å². The van der Waals surface area contributed by atoms with Gasteiger partial charge in [-0.15, -0.1) is 0 Å². The average Bonchev–Trinajstić information content (AvgIpc) is 3.46. The lowest BCUT2D eigenvalue weighted by Crippen LogP contribution is -2.33. The van der Waals surface area contributed by atoms with E-state index in [1.54, 1.807) is 0 Å². The van der Waals surface area contributed by atoms with Crippen molar-refractivity contribution in [1.82, 2.24) is 24.8 Å². The van der Waals surface area contributed by atoms with Crippen molar-refractivity contribution in [3.63, 3.8) is 0 Å². The minimum absolute atomic E-state index is 0.125. The Morgan fingerprint density at radius 3 is 2.58 bits per heavy atom. The Labute approximate surface area is 188 Å². The Kier molecular flexibility index (Phi) is 6.78. The van der Waals surface area contributed by atoms with Crippen LogP contribution in [0.4, 0.5) is 5.82 Å². The van der Waals surface area contributed by atoms with Crippen LogP contribution in [0.1, 0.15) is 37.7 Å². The number of aliphatic hydroxyl groups is 3. The second kappa shape index (κ2) is 9.44. The number of aromatic nitrogens is 4. The number of rotatable bonds is 8. The molecule has 2 aliphatic rings. The highest BCUT2D eigenvalue weighted by Crippen LogP contribution is 2.33. The zero-order chi connectivity index (χ0) is 23.8. The van der Waals surface area contributed by atoms with Crippen LogP contribution >= 0.6 is 0 Å². The van der Waals surface area contributed by atoms with Crippen molar-refractivity contribution >= 4 is 33.0 Å². The van der Waals surface area contributed by atoms with Crippen molar-refractivity contribution in [3.05, 3.63) is 12.2 Å². The van der Waals surface area contributed by atoms with Crippen molar-refractivity contribution in [3.8, 4) is 0 Å². The van der Waals surface area contributed by atoms with E-state index in [1.807, 2.05) is 0 Å². The third-order valence-electron chi connectivity index (χ3n) is 5.71. The Bertz CT molecular complexity index is 1120. The third-order valence-corrected chi connectivity index (χ3v) is 6.34. The van der Waals surface area contributed by atoms with E-state index in [4.69, 9.17) is 9.29 Å². The SMILES string of the molecule is O=C(CS(=O)(=O)O)NCc1nc(NC2CCCC2)c2ncn(C3O[C@H](CO)[C@@H](O)[C@H]3O)c2n1. The molecule has 0 spiro atoms. The van der Waals surface area contributed by atoms with Gasteiger partial charge in [0.1, 0.15) is 18.3 Å². The number of nitrogens with zero attached hydrogens (tertiary/aromatic N) is 4. The average molecular weight is 487 g/mol. The number of hydrogen-bond donors (Lipinski definition) is 6. The topological polar surface area (TPSA) is 209 Å². The molecule has 15 heteroatoms. The number of fused-ring (bicyclic) bond motifs is 1. The molecule has 1 aliphatic carbocycles. The number of amides is 1. The molecule has 1 unspecified atom stereocenters. The van der Waals surface area contributed by atoms with Crippen LogP contribution in [0.25, 0.3) is 11.2 Å². The number of hydrogen-bond acceptors (Lipinski definition) is 11. The predicted octanol–water partition coefficient (Wildman–Crippen LogP) is -1.70. The molecule has 3 heterocycles. The molecule has 4 atom stereocenters. The van der Waals surface area contributed by atoms with E-state index in [2.05, 4.69) is 25.6 Å². The monoisotopic (exact) mass is 486 g/mol. The molecule has 1 saturated heterocycles. The number of anilines is 1. The second-order valence-corrected chi connectivity index (χ2v) is 9.62. The highest BCUT2D eigenvalue weighted by Gasteiger charge is 2.44. The van der Waals surface area contributed by atoms with E-state index in [9.17, 15) is 28.5 Å². The highest BCUT2D eigenvalue weighted by atomic mass is 32.2. The quantitative estimate of drug-likeness (QED) is 0.231. The van der Waals surface area contributed by atoms with Crippen LogP contribution in [0.2, 0.25) is 0 Å². The summed E-state index contributed by atoms with van der Waals surface area (Å²) < 4.78 is 37.6. The molecule has 1 saturated carbocycles. The maximum Gasteiger partial charge on any atom is 0.274 e. The van der Waals surface area contributed by atoms with Crippen LogP contribution in [0.3, 0.4) is 0 Å². The lowest BCUT2D eigenvalue weighted by Gasteiger charge is -2.18. The summed E-state index contributed by atoms with van der Waals surface area (Å²) in [5.74, 6) is -1.50. The minimum atomic E-state index is -4.48. The molecule has 0 bridgehead atoms. The van der Waals surface area contributed by atoms with Crippen molar-refractivity contribution in [2.75, 3.05) is 17.7 Å². The van der Waals surface area contributed by atoms with Gasteiger partial charge in [-0.25, -0.2) is 15.0 Å². The van der Waals surface area contributed by atoms with Gasteiger partial charge in [-0.05, 0) is 12.8 Å². The summed E-state index contributed by atoms with van der Waals surface area (Å²) in [5.41, 5.74) is 0.631. The van der Waals surface area contributed by atoms with Crippen molar-refractivity contribution in [2.24, 2.45) is 0 Å². The molecule has 0 radical (unpaired) electrons. The zero-order valence-corrected chi connectivity index (χ0v) is 18.3. The van der Waals surface area contributed by atoms with Gasteiger partial charge < -0.3 is 30.7 Å². The normalized spacial score (nSPS) is 26.2. The maximum atomic E-state index is 11.8. The van der Waals surface area contributed by atoms with Gasteiger partial charge in [0.15, 0.2) is 34.8 Å². The second-order valence-electron chi connectivity index (χ2n) is 8.17. The molecule has 2 aromatic heterocycles. The van der Waals surface area contributed by atoms with Crippen molar-refractivity contribution < 1.29 is 37.8 Å². The number of nitrogens with one attached hydrogen (secondary N) is 2. The summed E-state index contributed by atoms with van der Waals surface area (Å²) in [6, 6.07) is 0.170. The first kappa shape index (κ1) is 23.7. The van der Waals surface area contributed by atoms with E-state index in [-0.39, 0.29) is 24.1 Å². The smallest absolute Gasteiger partial charge is 0.274 e. The van der Waals surface area contributed by atoms with Gasteiger partial charge in [-0.2, -0.15) is 8.42 Å². The maximum absolute atomic E-state index is 11.8. The van der Waals surface area contributed by atoms with Gasteiger partial charge in [0.05, 0.1) is 19.5 Å². The van der Waals surface area contributed by atoms with Gasteiger partial charge in [-0.3, -0.25) is 13.9 Å². The van der Waals surface area contributed by atoms with Crippen LogP contribution in [0.15, 0.2) is 6.33 Å². The molecule has 2 fully saturated rings. The van der Waals surface area contributed by atoms with Gasteiger partial charge in [-0.1, -0.05) is 12.8 Å². The Morgan fingerprint density at radius 2 is 1.94 bits per heavy atom. The van der Waals surface area contributed by atoms with Crippen LogP contribution in [0.5, 0.6) is 0 Å². The number of carbonyl (C=O) groups excluding carboxylic acids is 1. The summed E-state index contributed by atoms with van der Waals surface area (Å²) in [6.45, 7) is -0.722. The van der Waals surface area contributed by atoms with E-state index >= 15 is 0 Å². The van der Waals surface area contributed by atoms with E-state index in [0.29, 0.717) is 11.3 Å². The highest BCUT2D eigenvalue weighted by molar-refractivity contribution is 7.86. The third kappa shape index (κ3) is 5.23. The molecule has 1 amide bonds. The number of carbonyl (C=O) groups is 1. The fraction of sp³-hybridized carbons (Fsp3) is 0.667. The predicted molar refractivity (Wildman–Crippen MR) is 112 cm³/mol. The lowest BCUT2D eigenvalue weighted by atomic mass is 10.1. The summed E-state index contributed by atoms with van der Waals surface area (Å²) in [4.78, 5) is 24.9. The summed E-state index contributed by atoms with van der Waals surface area (Å²) in [7, 11) is -4.48. The van der Waals surface area contributed by atoms with E-state index in [0.717, 1.165) is 25.7 Å². The van der Waals surface area contributed by atoms with Crippen molar-refractivity contribution in [1.29, 1.82) is 0 Å². The van der Waals surface area contributed by atoms with Crippen LogP contribution in [-0.2, 0) is 26.2 Å². The van der Waals surface area contributed by atoms with Gasteiger partial charge >= 0.3 is 0 Å². The fourth-order valence-electron chi connectivity index (χ4n) is 4.10. The first-order chi connectivity index (χ1) is 15.7. The molecule has 6 N–H and O–H groups in total. The molecule has 33 heavy (non-hydrogen) atoms. The molecule has 182 valence electrons. The summed E-state index contributed by atoms with van der Waals surface area (Å²) in [5, 5.41) is 35.6. The number of aliphatic hydroxyl groups excluding tert-OH is 3. The Balaban J connectivity index is 1.66. The molecule has 0 aromatic carbocycles. The minimum Gasteiger partial charge on any atom is -0.394 e.